The molecule has 0 rings (SSSR count). The van der Waals surface area contributed by atoms with E-state index in [0.29, 0.717) is 6.42 Å². The maximum absolute atomic E-state index is 12.3. The summed E-state index contributed by atoms with van der Waals surface area (Å²) in [5.74, 6) is -0.925. The van der Waals surface area contributed by atoms with E-state index in [-0.39, 0.29) is 19.4 Å². The zero-order valence-electron chi connectivity index (χ0n) is 30.6. The summed E-state index contributed by atoms with van der Waals surface area (Å²) in [7, 11) is -4.76. The zero-order chi connectivity index (χ0) is 35.4. The van der Waals surface area contributed by atoms with Crippen LogP contribution in [0.3, 0.4) is 0 Å². The van der Waals surface area contributed by atoms with E-state index in [9.17, 15) is 14.2 Å². The first kappa shape index (κ1) is 46.3. The lowest BCUT2D eigenvalue weighted by Crippen LogP contribution is -2.29. The number of carbonyl (C=O) groups is 2. The molecule has 0 fully saturated rings. The fourth-order valence-corrected chi connectivity index (χ4v) is 5.57. The Morgan fingerprint density at radius 1 is 0.542 bits per heavy atom. The lowest BCUT2D eigenvalue weighted by Gasteiger charge is -2.18. The molecule has 0 unspecified atom stereocenters. The third-order valence-corrected chi connectivity index (χ3v) is 8.62. The molecule has 0 aromatic heterocycles. The van der Waals surface area contributed by atoms with Gasteiger partial charge in [0.05, 0.1) is 6.61 Å². The summed E-state index contributed by atoms with van der Waals surface area (Å²) in [6, 6.07) is 0. The number of hydrogen-bond acceptors (Lipinski definition) is 6. The molecule has 0 amide bonds. The maximum Gasteiger partial charge on any atom is 0.469 e. The van der Waals surface area contributed by atoms with Gasteiger partial charge in [-0.3, -0.25) is 14.1 Å². The number of esters is 2. The Morgan fingerprint density at radius 2 is 0.958 bits per heavy atom. The maximum atomic E-state index is 12.3. The minimum absolute atomic E-state index is 0.169. The summed E-state index contributed by atoms with van der Waals surface area (Å²) >= 11 is 0. The second kappa shape index (κ2) is 35.1. The SMILES string of the molecule is CCCC/C=C/CCCCCCCCCCCC(=O)OC[C@H](COP(=O)(O)O)OC(=O)CCCC/C=C/C/C=C/CCCCCCCC. The number of ether oxygens (including phenoxy) is 2. The molecule has 0 aliphatic heterocycles. The second-order valence-corrected chi connectivity index (χ2v) is 14.1. The summed E-state index contributed by atoms with van der Waals surface area (Å²) in [5.41, 5.74) is 0. The van der Waals surface area contributed by atoms with Gasteiger partial charge in [-0.1, -0.05) is 140 Å². The van der Waals surface area contributed by atoms with Crippen molar-refractivity contribution in [1.82, 2.24) is 0 Å². The fourth-order valence-electron chi connectivity index (χ4n) is 5.21. The number of hydrogen-bond donors (Lipinski definition) is 2. The van der Waals surface area contributed by atoms with Crippen molar-refractivity contribution in [1.29, 1.82) is 0 Å². The standard InChI is InChI=1S/C39H71O8P/c1-3-5-7-9-11-13-15-17-19-21-23-25-27-29-31-33-38(40)45-35-37(36-46-48(42,43)44)47-39(41)34-32-30-28-26-24-22-20-18-16-14-12-10-8-6-4-2/h9,11,18,20,24,26,37H,3-8,10,12-17,19,21-23,25,27-36H2,1-2H3,(H2,42,43,44)/b11-9+,20-18+,26-24+/t37-/m1/s1. The van der Waals surface area contributed by atoms with Gasteiger partial charge in [0, 0.05) is 12.8 Å². The van der Waals surface area contributed by atoms with Crippen molar-refractivity contribution in [3.05, 3.63) is 36.5 Å². The predicted molar refractivity (Wildman–Crippen MR) is 198 cm³/mol. The monoisotopic (exact) mass is 698 g/mol. The molecular weight excluding hydrogens is 627 g/mol. The molecule has 2 N–H and O–H groups in total. The van der Waals surface area contributed by atoms with Crippen LogP contribution in [0.15, 0.2) is 36.5 Å². The fraction of sp³-hybridized carbons (Fsp3) is 0.795. The minimum atomic E-state index is -4.76. The topological polar surface area (TPSA) is 119 Å². The van der Waals surface area contributed by atoms with Crippen molar-refractivity contribution in [3.8, 4) is 0 Å². The number of carbonyl (C=O) groups excluding carboxylic acids is 2. The number of rotatable bonds is 35. The van der Waals surface area contributed by atoms with Gasteiger partial charge in [0.1, 0.15) is 6.61 Å². The van der Waals surface area contributed by atoms with Gasteiger partial charge in [0.15, 0.2) is 6.10 Å². The van der Waals surface area contributed by atoms with Gasteiger partial charge >= 0.3 is 19.8 Å². The lowest BCUT2D eigenvalue weighted by atomic mass is 10.1. The molecule has 9 heteroatoms. The second-order valence-electron chi connectivity index (χ2n) is 12.9. The molecular formula is C39H71O8P. The molecule has 0 aliphatic rings. The van der Waals surface area contributed by atoms with E-state index in [1.165, 1.54) is 96.3 Å². The van der Waals surface area contributed by atoms with Crippen molar-refractivity contribution in [2.75, 3.05) is 13.2 Å². The normalized spacial score (nSPS) is 12.8. The van der Waals surface area contributed by atoms with Gasteiger partial charge in [0.25, 0.3) is 0 Å². The number of phosphoric ester groups is 1. The summed E-state index contributed by atoms with van der Waals surface area (Å²) in [6.07, 6.45) is 40.1. The molecule has 1 atom stereocenters. The van der Waals surface area contributed by atoms with E-state index < -0.39 is 32.5 Å². The van der Waals surface area contributed by atoms with E-state index in [4.69, 9.17) is 19.3 Å². The average molecular weight is 699 g/mol. The summed E-state index contributed by atoms with van der Waals surface area (Å²) in [4.78, 5) is 42.7. The molecule has 0 heterocycles. The van der Waals surface area contributed by atoms with Gasteiger partial charge < -0.3 is 19.3 Å². The largest absolute Gasteiger partial charge is 0.469 e. The van der Waals surface area contributed by atoms with E-state index in [1.54, 1.807) is 0 Å². The zero-order valence-corrected chi connectivity index (χ0v) is 31.5. The highest BCUT2D eigenvalue weighted by molar-refractivity contribution is 7.46. The van der Waals surface area contributed by atoms with Crippen molar-refractivity contribution < 1.29 is 37.9 Å². The molecule has 0 spiro atoms. The van der Waals surface area contributed by atoms with Crippen LogP contribution in [0.25, 0.3) is 0 Å². The molecule has 0 aromatic rings. The first-order valence-corrected chi connectivity index (χ1v) is 20.8. The Kier molecular flexibility index (Phi) is 33.8. The Balaban J connectivity index is 4.01. The molecule has 0 bridgehead atoms. The van der Waals surface area contributed by atoms with E-state index in [1.807, 2.05) is 0 Å². The molecule has 280 valence electrons. The van der Waals surface area contributed by atoms with E-state index in [2.05, 4.69) is 54.8 Å². The van der Waals surface area contributed by atoms with Crippen molar-refractivity contribution in [3.63, 3.8) is 0 Å². The lowest BCUT2D eigenvalue weighted by molar-refractivity contribution is -0.161. The summed E-state index contributed by atoms with van der Waals surface area (Å²) in [6.45, 7) is 3.61. The Labute approximate surface area is 293 Å². The Morgan fingerprint density at radius 3 is 1.50 bits per heavy atom. The van der Waals surface area contributed by atoms with Crippen LogP contribution >= 0.6 is 7.82 Å². The van der Waals surface area contributed by atoms with Gasteiger partial charge in [-0.25, -0.2) is 4.57 Å². The molecule has 0 aromatic carbocycles. The van der Waals surface area contributed by atoms with E-state index >= 15 is 0 Å². The smallest absolute Gasteiger partial charge is 0.462 e. The van der Waals surface area contributed by atoms with Gasteiger partial charge in [-0.05, 0) is 64.2 Å². The first-order valence-electron chi connectivity index (χ1n) is 19.3. The van der Waals surface area contributed by atoms with Gasteiger partial charge in [-0.2, -0.15) is 0 Å². The van der Waals surface area contributed by atoms with Crippen molar-refractivity contribution in [2.45, 2.75) is 187 Å². The van der Waals surface area contributed by atoms with Gasteiger partial charge in [0.2, 0.25) is 0 Å². The Hall–Kier alpha value is -1.73. The van der Waals surface area contributed by atoms with Crippen LogP contribution in [0.5, 0.6) is 0 Å². The third-order valence-electron chi connectivity index (χ3n) is 8.13. The van der Waals surface area contributed by atoms with Crippen LogP contribution in [-0.2, 0) is 28.2 Å². The van der Waals surface area contributed by atoms with Crippen LogP contribution in [0.2, 0.25) is 0 Å². The summed E-state index contributed by atoms with van der Waals surface area (Å²) in [5, 5.41) is 0. The number of unbranched alkanes of at least 4 members (excludes halogenated alkanes) is 19. The van der Waals surface area contributed by atoms with Gasteiger partial charge in [-0.15, -0.1) is 0 Å². The van der Waals surface area contributed by atoms with Crippen molar-refractivity contribution >= 4 is 19.8 Å². The van der Waals surface area contributed by atoms with Crippen LogP contribution in [0.4, 0.5) is 0 Å². The third kappa shape index (κ3) is 37.1. The van der Waals surface area contributed by atoms with Crippen LogP contribution < -0.4 is 0 Å². The molecule has 0 saturated carbocycles. The molecule has 0 aliphatic carbocycles. The predicted octanol–water partition coefficient (Wildman–Crippen LogP) is 11.4. The molecule has 0 radical (unpaired) electrons. The molecule has 8 nitrogen and oxygen atoms in total. The minimum Gasteiger partial charge on any atom is -0.462 e. The van der Waals surface area contributed by atoms with Crippen molar-refractivity contribution in [2.24, 2.45) is 0 Å². The highest BCUT2D eigenvalue weighted by Gasteiger charge is 2.22. The Bertz CT molecular complexity index is 879. The first-order chi connectivity index (χ1) is 23.3. The van der Waals surface area contributed by atoms with E-state index in [0.717, 1.165) is 51.4 Å². The number of allylic oxidation sites excluding steroid dienone is 6. The molecule has 0 saturated heterocycles. The molecule has 48 heavy (non-hydrogen) atoms. The van der Waals surface area contributed by atoms with Crippen LogP contribution in [0.1, 0.15) is 181 Å². The number of phosphoric acid groups is 1. The highest BCUT2D eigenvalue weighted by Crippen LogP contribution is 2.36. The van der Waals surface area contributed by atoms with Crippen LogP contribution in [0, 0.1) is 0 Å². The average Bonchev–Trinajstić information content (AvgIpc) is 3.05. The quantitative estimate of drug-likeness (QED) is 0.0290. The summed E-state index contributed by atoms with van der Waals surface area (Å²) < 4.78 is 26.3. The highest BCUT2D eigenvalue weighted by atomic mass is 31.2. The van der Waals surface area contributed by atoms with Crippen LogP contribution in [-0.4, -0.2) is 41.0 Å².